The largest absolute Gasteiger partial charge is 0.459 e. The minimum absolute atomic E-state index is 0.0312. The Bertz CT molecular complexity index is 294. The SMILES string of the molecule is CC=C(C(=O)OC1CCCCC1)C1CCCCC1. The van der Waals surface area contributed by atoms with Crippen LogP contribution < -0.4 is 0 Å². The molecule has 2 heteroatoms. The van der Waals surface area contributed by atoms with Gasteiger partial charge in [-0.05, 0) is 51.4 Å². The lowest BCUT2D eigenvalue weighted by Gasteiger charge is -2.26. The van der Waals surface area contributed by atoms with E-state index in [-0.39, 0.29) is 12.1 Å². The minimum Gasteiger partial charge on any atom is -0.459 e. The molecule has 0 saturated heterocycles. The number of carbonyl (C=O) groups is 1. The average Bonchev–Trinajstić information content (AvgIpc) is 2.42. The van der Waals surface area contributed by atoms with Crippen molar-refractivity contribution < 1.29 is 9.53 Å². The lowest BCUT2D eigenvalue weighted by molar-refractivity contribution is -0.146. The van der Waals surface area contributed by atoms with Gasteiger partial charge in [0.15, 0.2) is 0 Å². The summed E-state index contributed by atoms with van der Waals surface area (Å²) in [5, 5.41) is 0. The zero-order valence-electron chi connectivity index (χ0n) is 11.6. The number of hydrogen-bond donors (Lipinski definition) is 0. The summed E-state index contributed by atoms with van der Waals surface area (Å²) < 4.78 is 5.69. The molecule has 0 aromatic carbocycles. The van der Waals surface area contributed by atoms with Gasteiger partial charge in [-0.3, -0.25) is 0 Å². The molecule has 0 amide bonds. The fourth-order valence-corrected chi connectivity index (χ4v) is 3.34. The molecule has 102 valence electrons. The van der Waals surface area contributed by atoms with Crippen LogP contribution in [-0.2, 0) is 9.53 Å². The van der Waals surface area contributed by atoms with E-state index in [0.29, 0.717) is 5.92 Å². The lowest BCUT2D eigenvalue weighted by atomic mass is 9.83. The van der Waals surface area contributed by atoms with Crippen molar-refractivity contribution in [2.24, 2.45) is 5.92 Å². The second-order valence-electron chi connectivity index (χ2n) is 5.74. The molecular formula is C16H26O2. The van der Waals surface area contributed by atoms with Crippen molar-refractivity contribution in [3.05, 3.63) is 11.6 Å². The number of carbonyl (C=O) groups excluding carboxylic acids is 1. The summed E-state index contributed by atoms with van der Waals surface area (Å²) in [6, 6.07) is 0. The van der Waals surface area contributed by atoms with Crippen molar-refractivity contribution in [3.63, 3.8) is 0 Å². The van der Waals surface area contributed by atoms with Gasteiger partial charge in [0.05, 0.1) is 0 Å². The van der Waals surface area contributed by atoms with Gasteiger partial charge in [0.2, 0.25) is 0 Å². The third-order valence-electron chi connectivity index (χ3n) is 4.42. The zero-order valence-corrected chi connectivity index (χ0v) is 11.6. The quantitative estimate of drug-likeness (QED) is 0.548. The van der Waals surface area contributed by atoms with Crippen LogP contribution in [0.5, 0.6) is 0 Å². The van der Waals surface area contributed by atoms with Gasteiger partial charge < -0.3 is 4.74 Å². The predicted molar refractivity (Wildman–Crippen MR) is 73.3 cm³/mol. The first-order valence-corrected chi connectivity index (χ1v) is 7.68. The van der Waals surface area contributed by atoms with Gasteiger partial charge in [0.25, 0.3) is 0 Å². The first-order valence-electron chi connectivity index (χ1n) is 7.68. The summed E-state index contributed by atoms with van der Waals surface area (Å²) >= 11 is 0. The minimum atomic E-state index is -0.0312. The maximum absolute atomic E-state index is 12.3. The summed E-state index contributed by atoms with van der Waals surface area (Å²) in [6.07, 6.45) is 14.2. The van der Waals surface area contributed by atoms with Crippen LogP contribution in [0.2, 0.25) is 0 Å². The van der Waals surface area contributed by atoms with Crippen LogP contribution in [0.4, 0.5) is 0 Å². The number of ether oxygens (including phenoxy) is 1. The molecule has 2 aliphatic rings. The van der Waals surface area contributed by atoms with Crippen LogP contribution in [0.1, 0.15) is 71.1 Å². The first-order chi connectivity index (χ1) is 8.81. The van der Waals surface area contributed by atoms with Gasteiger partial charge in [-0.25, -0.2) is 4.79 Å². The standard InChI is InChI=1S/C16H26O2/c1-2-15(13-9-5-3-6-10-13)16(17)18-14-11-7-4-8-12-14/h2,13-14H,3-12H2,1H3. The van der Waals surface area contributed by atoms with Gasteiger partial charge in [0.1, 0.15) is 6.10 Å². The second kappa shape index (κ2) is 6.96. The normalized spacial score (nSPS) is 23.9. The highest BCUT2D eigenvalue weighted by Crippen LogP contribution is 2.31. The van der Waals surface area contributed by atoms with Crippen LogP contribution in [0.3, 0.4) is 0 Å². The molecule has 2 aliphatic carbocycles. The van der Waals surface area contributed by atoms with Gasteiger partial charge in [-0.2, -0.15) is 0 Å². The van der Waals surface area contributed by atoms with Crippen molar-refractivity contribution in [2.75, 3.05) is 0 Å². The number of esters is 1. The molecule has 0 bridgehead atoms. The Labute approximate surface area is 111 Å². The van der Waals surface area contributed by atoms with Crippen LogP contribution in [0.25, 0.3) is 0 Å². The number of rotatable bonds is 3. The highest BCUT2D eigenvalue weighted by Gasteiger charge is 2.26. The van der Waals surface area contributed by atoms with Crippen molar-refractivity contribution in [1.82, 2.24) is 0 Å². The Morgan fingerprint density at radius 1 is 0.944 bits per heavy atom. The molecule has 0 N–H and O–H groups in total. The predicted octanol–water partition coefficient (Wildman–Crippen LogP) is 4.39. The smallest absolute Gasteiger partial charge is 0.334 e. The molecule has 2 nitrogen and oxygen atoms in total. The fourth-order valence-electron chi connectivity index (χ4n) is 3.34. The highest BCUT2D eigenvalue weighted by atomic mass is 16.5. The van der Waals surface area contributed by atoms with Crippen molar-refractivity contribution in [1.29, 1.82) is 0 Å². The van der Waals surface area contributed by atoms with Crippen LogP contribution in [-0.4, -0.2) is 12.1 Å². The highest BCUT2D eigenvalue weighted by molar-refractivity contribution is 5.89. The average molecular weight is 250 g/mol. The van der Waals surface area contributed by atoms with E-state index < -0.39 is 0 Å². The number of hydrogen-bond acceptors (Lipinski definition) is 2. The van der Waals surface area contributed by atoms with Crippen LogP contribution >= 0.6 is 0 Å². The van der Waals surface area contributed by atoms with E-state index in [4.69, 9.17) is 4.74 Å². The molecular weight excluding hydrogens is 224 g/mol. The maximum atomic E-state index is 12.3. The number of allylic oxidation sites excluding steroid dienone is 1. The molecule has 18 heavy (non-hydrogen) atoms. The monoisotopic (exact) mass is 250 g/mol. The Morgan fingerprint density at radius 3 is 2.06 bits per heavy atom. The van der Waals surface area contributed by atoms with E-state index in [2.05, 4.69) is 0 Å². The summed E-state index contributed by atoms with van der Waals surface area (Å²) in [6.45, 7) is 1.98. The molecule has 0 aliphatic heterocycles. The van der Waals surface area contributed by atoms with Gasteiger partial charge in [-0.15, -0.1) is 0 Å². The summed E-state index contributed by atoms with van der Waals surface area (Å²) in [5.74, 6) is 0.427. The van der Waals surface area contributed by atoms with E-state index in [1.807, 2.05) is 13.0 Å². The van der Waals surface area contributed by atoms with E-state index >= 15 is 0 Å². The van der Waals surface area contributed by atoms with Gasteiger partial charge in [-0.1, -0.05) is 31.8 Å². The lowest BCUT2D eigenvalue weighted by Crippen LogP contribution is -2.25. The van der Waals surface area contributed by atoms with Gasteiger partial charge in [0, 0.05) is 5.57 Å². The molecule has 0 atom stereocenters. The molecule has 0 heterocycles. The van der Waals surface area contributed by atoms with E-state index in [9.17, 15) is 4.79 Å². The van der Waals surface area contributed by atoms with Crippen molar-refractivity contribution in [2.45, 2.75) is 77.2 Å². The third kappa shape index (κ3) is 3.60. The summed E-state index contributed by atoms with van der Waals surface area (Å²) in [7, 11) is 0. The Balaban J connectivity index is 1.88. The van der Waals surface area contributed by atoms with Crippen molar-refractivity contribution >= 4 is 5.97 Å². The Morgan fingerprint density at radius 2 is 1.50 bits per heavy atom. The van der Waals surface area contributed by atoms with Crippen LogP contribution in [0, 0.1) is 5.92 Å². The Kier molecular flexibility index (Phi) is 5.27. The van der Waals surface area contributed by atoms with E-state index in [1.165, 1.54) is 51.4 Å². The molecule has 2 saturated carbocycles. The zero-order chi connectivity index (χ0) is 12.8. The molecule has 0 aromatic heterocycles. The first kappa shape index (κ1) is 13.6. The van der Waals surface area contributed by atoms with E-state index in [0.717, 1.165) is 18.4 Å². The second-order valence-corrected chi connectivity index (χ2v) is 5.74. The summed E-state index contributed by atoms with van der Waals surface area (Å²) in [5.41, 5.74) is 0.945. The molecule has 0 unspecified atom stereocenters. The topological polar surface area (TPSA) is 26.3 Å². The fraction of sp³-hybridized carbons (Fsp3) is 0.812. The molecule has 2 rings (SSSR count). The van der Waals surface area contributed by atoms with Crippen molar-refractivity contribution in [3.8, 4) is 0 Å². The van der Waals surface area contributed by atoms with Crippen LogP contribution in [0.15, 0.2) is 11.6 Å². The van der Waals surface area contributed by atoms with Gasteiger partial charge >= 0.3 is 5.97 Å². The molecule has 0 spiro atoms. The maximum Gasteiger partial charge on any atom is 0.334 e. The van der Waals surface area contributed by atoms with E-state index in [1.54, 1.807) is 0 Å². The third-order valence-corrected chi connectivity index (χ3v) is 4.42. The summed E-state index contributed by atoms with van der Waals surface area (Å²) in [4.78, 5) is 12.3. The molecule has 0 aromatic rings. The Hall–Kier alpha value is -0.790. The molecule has 2 fully saturated rings. The molecule has 0 radical (unpaired) electrons.